The van der Waals surface area contributed by atoms with E-state index < -0.39 is 0 Å². The first-order valence-corrected chi connectivity index (χ1v) is 6.75. The molecule has 1 unspecified atom stereocenters. The van der Waals surface area contributed by atoms with Crippen LogP contribution in [0.3, 0.4) is 0 Å². The van der Waals surface area contributed by atoms with E-state index in [1.165, 1.54) is 27.1 Å². The van der Waals surface area contributed by atoms with E-state index in [1.807, 2.05) is 11.3 Å². The van der Waals surface area contributed by atoms with Crippen LogP contribution in [0.25, 0.3) is 0 Å². The predicted octanol–water partition coefficient (Wildman–Crippen LogP) is 3.86. The summed E-state index contributed by atoms with van der Waals surface area (Å²) in [6.07, 6.45) is 2.60. The van der Waals surface area contributed by atoms with Gasteiger partial charge in [0.15, 0.2) is 0 Å². The topological polar surface area (TPSA) is 26.0 Å². The number of thiophene rings is 1. The highest BCUT2D eigenvalue weighted by atomic mass is 79.9. The molecule has 0 aliphatic heterocycles. The lowest BCUT2D eigenvalue weighted by Gasteiger charge is -2.09. The Morgan fingerprint density at radius 1 is 1.71 bits per heavy atom. The van der Waals surface area contributed by atoms with Gasteiger partial charge in [-0.25, -0.2) is 0 Å². The molecule has 2 rings (SSSR count). The van der Waals surface area contributed by atoms with Crippen molar-refractivity contribution in [3.8, 4) is 0 Å². The van der Waals surface area contributed by atoms with Crippen LogP contribution in [-0.4, -0.2) is 0 Å². The van der Waals surface area contributed by atoms with Gasteiger partial charge in [0.2, 0.25) is 0 Å². The first kappa shape index (κ1) is 10.7. The number of hydrogen-bond acceptors (Lipinski definition) is 2. The van der Waals surface area contributed by atoms with Crippen molar-refractivity contribution in [1.82, 2.24) is 0 Å². The molecule has 3 heteroatoms. The molecule has 14 heavy (non-hydrogen) atoms. The largest absolute Gasteiger partial charge is 0.323 e. The third-order valence-corrected chi connectivity index (χ3v) is 5.17. The summed E-state index contributed by atoms with van der Waals surface area (Å²) >= 11 is 5.42. The summed E-state index contributed by atoms with van der Waals surface area (Å²) in [7, 11) is 0. The second kappa shape index (κ2) is 3.95. The van der Waals surface area contributed by atoms with Crippen LogP contribution in [0.4, 0.5) is 0 Å². The van der Waals surface area contributed by atoms with Gasteiger partial charge >= 0.3 is 0 Å². The van der Waals surface area contributed by atoms with Crippen LogP contribution in [0, 0.1) is 18.8 Å². The second-order valence-corrected chi connectivity index (χ2v) is 6.31. The van der Waals surface area contributed by atoms with Crippen LogP contribution in [-0.2, 0) is 0 Å². The molecule has 0 amide bonds. The minimum Gasteiger partial charge on any atom is -0.323 e. The summed E-state index contributed by atoms with van der Waals surface area (Å²) in [5, 5.41) is 0. The van der Waals surface area contributed by atoms with Crippen LogP contribution in [0.2, 0.25) is 0 Å². The van der Waals surface area contributed by atoms with E-state index >= 15 is 0 Å². The zero-order chi connectivity index (χ0) is 10.3. The van der Waals surface area contributed by atoms with E-state index in [0.29, 0.717) is 0 Å². The molecule has 1 nitrogen and oxygen atoms in total. The highest BCUT2D eigenvalue weighted by molar-refractivity contribution is 9.10. The van der Waals surface area contributed by atoms with Gasteiger partial charge in [0.05, 0.1) is 0 Å². The van der Waals surface area contributed by atoms with E-state index in [9.17, 15) is 0 Å². The third-order valence-electron chi connectivity index (χ3n) is 3.10. The van der Waals surface area contributed by atoms with Gasteiger partial charge in [0.25, 0.3) is 0 Å². The minimum atomic E-state index is 0.257. The van der Waals surface area contributed by atoms with Crippen LogP contribution in [0.5, 0.6) is 0 Å². The van der Waals surface area contributed by atoms with Crippen molar-refractivity contribution < 1.29 is 0 Å². The first-order valence-electron chi connectivity index (χ1n) is 5.15. The lowest BCUT2D eigenvalue weighted by molar-refractivity contribution is 0.573. The van der Waals surface area contributed by atoms with Crippen LogP contribution < -0.4 is 5.73 Å². The molecule has 0 spiro atoms. The van der Waals surface area contributed by atoms with Crippen molar-refractivity contribution in [2.24, 2.45) is 17.6 Å². The Hall–Kier alpha value is 0.140. The fourth-order valence-electron chi connectivity index (χ4n) is 2.10. The number of aryl methyl sites for hydroxylation is 1. The van der Waals surface area contributed by atoms with Crippen LogP contribution >= 0.6 is 27.3 Å². The fraction of sp³-hybridized carbons (Fsp3) is 0.636. The lowest BCUT2D eigenvalue weighted by Crippen LogP contribution is -2.12. The predicted molar refractivity (Wildman–Crippen MR) is 65.6 cm³/mol. The standard InChI is InChI=1S/C11H16BrNS/c1-3-7-5-8(7)10(13)11-9(12)4-6(2)14-11/h4,7-8,10H,3,5,13H2,1-2H3/t7-,8-,10?/m1/s1. The van der Waals surface area contributed by atoms with Gasteiger partial charge < -0.3 is 5.73 Å². The molecule has 0 aromatic carbocycles. The Morgan fingerprint density at radius 3 is 2.86 bits per heavy atom. The van der Waals surface area contributed by atoms with Gasteiger partial charge in [0, 0.05) is 20.3 Å². The maximum absolute atomic E-state index is 6.26. The average molecular weight is 274 g/mol. The number of halogens is 1. The second-order valence-electron chi connectivity index (χ2n) is 4.16. The SMILES string of the molecule is CC[C@@H]1C[C@H]1C(N)c1sc(C)cc1Br. The van der Waals surface area contributed by atoms with E-state index in [0.717, 1.165) is 11.8 Å². The Balaban J connectivity index is 2.12. The van der Waals surface area contributed by atoms with Gasteiger partial charge in [-0.1, -0.05) is 13.3 Å². The van der Waals surface area contributed by atoms with Gasteiger partial charge in [-0.15, -0.1) is 11.3 Å². The number of hydrogen-bond donors (Lipinski definition) is 1. The molecule has 0 bridgehead atoms. The van der Waals surface area contributed by atoms with Crippen molar-refractivity contribution in [3.05, 3.63) is 20.3 Å². The summed E-state index contributed by atoms with van der Waals surface area (Å²) in [5.74, 6) is 1.61. The Morgan fingerprint density at radius 2 is 2.43 bits per heavy atom. The highest BCUT2D eigenvalue weighted by Gasteiger charge is 2.41. The lowest BCUT2D eigenvalue weighted by atomic mass is 10.1. The Labute approximate surface area is 97.8 Å². The molecule has 78 valence electrons. The monoisotopic (exact) mass is 273 g/mol. The summed E-state index contributed by atoms with van der Waals surface area (Å²) in [6.45, 7) is 4.39. The normalized spacial score (nSPS) is 27.7. The van der Waals surface area contributed by atoms with E-state index in [1.54, 1.807) is 0 Å². The molecular weight excluding hydrogens is 258 g/mol. The average Bonchev–Trinajstić information content (AvgIpc) is 2.85. The summed E-state index contributed by atoms with van der Waals surface area (Å²) in [6, 6.07) is 2.43. The Kier molecular flexibility index (Phi) is 3.01. The van der Waals surface area contributed by atoms with Crippen molar-refractivity contribution in [2.45, 2.75) is 32.7 Å². The molecule has 1 aliphatic rings. The fourth-order valence-corrected chi connectivity index (χ4v) is 4.10. The van der Waals surface area contributed by atoms with Crippen LogP contribution in [0.1, 0.15) is 35.6 Å². The molecule has 1 fully saturated rings. The zero-order valence-corrected chi connectivity index (χ0v) is 11.0. The summed E-state index contributed by atoms with van der Waals surface area (Å²) < 4.78 is 1.20. The molecule has 0 saturated heterocycles. The molecule has 1 aromatic heterocycles. The van der Waals surface area contributed by atoms with Crippen molar-refractivity contribution in [3.63, 3.8) is 0 Å². The molecule has 1 heterocycles. The smallest absolute Gasteiger partial charge is 0.0432 e. The highest BCUT2D eigenvalue weighted by Crippen LogP contribution is 2.50. The zero-order valence-electron chi connectivity index (χ0n) is 8.59. The summed E-state index contributed by atoms with van der Waals surface area (Å²) in [5.41, 5.74) is 6.26. The van der Waals surface area contributed by atoms with Crippen molar-refractivity contribution in [1.29, 1.82) is 0 Å². The number of rotatable bonds is 3. The van der Waals surface area contributed by atoms with Crippen LogP contribution in [0.15, 0.2) is 10.5 Å². The molecule has 0 radical (unpaired) electrons. The molecule has 1 saturated carbocycles. The maximum Gasteiger partial charge on any atom is 0.0432 e. The quantitative estimate of drug-likeness (QED) is 0.889. The van der Waals surface area contributed by atoms with E-state index in [2.05, 4.69) is 35.8 Å². The van der Waals surface area contributed by atoms with Crippen molar-refractivity contribution >= 4 is 27.3 Å². The van der Waals surface area contributed by atoms with E-state index in [-0.39, 0.29) is 6.04 Å². The number of nitrogens with two attached hydrogens (primary N) is 1. The van der Waals surface area contributed by atoms with Crippen molar-refractivity contribution in [2.75, 3.05) is 0 Å². The molecule has 1 aliphatic carbocycles. The van der Waals surface area contributed by atoms with Gasteiger partial charge in [0.1, 0.15) is 0 Å². The minimum absolute atomic E-state index is 0.257. The molecule has 3 atom stereocenters. The van der Waals surface area contributed by atoms with Gasteiger partial charge in [-0.05, 0) is 47.2 Å². The molecule has 2 N–H and O–H groups in total. The summed E-state index contributed by atoms with van der Waals surface area (Å²) in [4.78, 5) is 2.68. The Bertz CT molecular complexity index is 334. The molecule has 1 aromatic rings. The van der Waals surface area contributed by atoms with Gasteiger partial charge in [-0.2, -0.15) is 0 Å². The first-order chi connectivity index (χ1) is 6.63. The van der Waals surface area contributed by atoms with E-state index in [4.69, 9.17) is 5.73 Å². The molecular formula is C11H16BrNS. The maximum atomic E-state index is 6.26. The third kappa shape index (κ3) is 1.90. The van der Waals surface area contributed by atoms with Gasteiger partial charge in [-0.3, -0.25) is 0 Å².